The largest absolute Gasteiger partial charge is 0.315 e. The first-order valence-corrected chi connectivity index (χ1v) is 6.63. The molecule has 2 heterocycles. The van der Waals surface area contributed by atoms with Crippen molar-refractivity contribution in [3.63, 3.8) is 0 Å². The second-order valence-corrected chi connectivity index (χ2v) is 5.34. The second-order valence-electron chi connectivity index (χ2n) is 4.36. The van der Waals surface area contributed by atoms with Gasteiger partial charge in [0.1, 0.15) is 0 Å². The molecule has 0 radical (unpaired) electrons. The average Bonchev–Trinajstić information content (AvgIpc) is 2.82. The highest BCUT2D eigenvalue weighted by Gasteiger charge is 2.22. The monoisotopic (exact) mass is 224 g/mol. The van der Waals surface area contributed by atoms with Gasteiger partial charge >= 0.3 is 0 Å². The number of piperidine rings is 1. The van der Waals surface area contributed by atoms with E-state index in [0.717, 1.165) is 6.54 Å². The molecule has 1 aromatic heterocycles. The molecule has 2 nitrogen and oxygen atoms in total. The van der Waals surface area contributed by atoms with Gasteiger partial charge in [-0.15, -0.1) is 11.3 Å². The predicted octanol–water partition coefficient (Wildman–Crippen LogP) is 2.49. The molecule has 0 spiro atoms. The molecule has 0 aromatic carbocycles. The Kier molecular flexibility index (Phi) is 3.78. The number of nitrogens with one attached hydrogen (secondary N) is 1. The van der Waals surface area contributed by atoms with Crippen LogP contribution in [0.2, 0.25) is 0 Å². The molecule has 3 heteroatoms. The maximum Gasteiger partial charge on any atom is 0.0413 e. The zero-order chi connectivity index (χ0) is 10.7. The minimum Gasteiger partial charge on any atom is -0.315 e. The molecule has 1 N–H and O–H groups in total. The smallest absolute Gasteiger partial charge is 0.0413 e. The summed E-state index contributed by atoms with van der Waals surface area (Å²) in [5.41, 5.74) is 0. The fourth-order valence-corrected chi connectivity index (χ4v) is 3.06. The molecule has 0 bridgehead atoms. The molecule has 0 amide bonds. The molecule has 1 aliphatic rings. The fraction of sp³-hybridized carbons (Fsp3) is 0.667. The molecular weight excluding hydrogens is 204 g/mol. The van der Waals surface area contributed by atoms with E-state index in [9.17, 15) is 0 Å². The van der Waals surface area contributed by atoms with Gasteiger partial charge in [0.05, 0.1) is 0 Å². The first-order valence-electron chi connectivity index (χ1n) is 5.75. The number of thiophene rings is 1. The topological polar surface area (TPSA) is 15.3 Å². The van der Waals surface area contributed by atoms with Crippen molar-refractivity contribution in [3.8, 4) is 0 Å². The van der Waals surface area contributed by atoms with Crippen molar-refractivity contribution in [3.05, 3.63) is 22.4 Å². The van der Waals surface area contributed by atoms with Gasteiger partial charge in [-0.3, -0.25) is 4.90 Å². The Morgan fingerprint density at radius 2 is 2.47 bits per heavy atom. The number of likely N-dealkylation sites (N-methyl/N-ethyl adjacent to an activating group) is 1. The number of hydrogen-bond acceptors (Lipinski definition) is 3. The molecule has 2 atom stereocenters. The first kappa shape index (κ1) is 11.1. The SMILES string of the molecule is CC(c1cccs1)N(C)[C@@H]1CCCNC1. The highest BCUT2D eigenvalue weighted by atomic mass is 32.1. The third kappa shape index (κ3) is 2.60. The molecule has 1 saturated heterocycles. The molecule has 1 fully saturated rings. The third-order valence-corrected chi connectivity index (χ3v) is 4.46. The summed E-state index contributed by atoms with van der Waals surface area (Å²) in [4.78, 5) is 3.99. The van der Waals surface area contributed by atoms with Crippen LogP contribution in [0.1, 0.15) is 30.7 Å². The second kappa shape index (κ2) is 5.10. The van der Waals surface area contributed by atoms with Gasteiger partial charge in [-0.2, -0.15) is 0 Å². The van der Waals surface area contributed by atoms with Gasteiger partial charge in [0, 0.05) is 23.5 Å². The molecule has 15 heavy (non-hydrogen) atoms. The summed E-state index contributed by atoms with van der Waals surface area (Å²) in [6.45, 7) is 4.64. The van der Waals surface area contributed by atoms with Gasteiger partial charge in [0.15, 0.2) is 0 Å². The summed E-state index contributed by atoms with van der Waals surface area (Å²) in [7, 11) is 2.25. The van der Waals surface area contributed by atoms with E-state index in [-0.39, 0.29) is 0 Å². The van der Waals surface area contributed by atoms with Gasteiger partial charge in [-0.1, -0.05) is 6.07 Å². The van der Waals surface area contributed by atoms with Crippen molar-refractivity contribution >= 4 is 11.3 Å². The molecule has 0 aliphatic carbocycles. The van der Waals surface area contributed by atoms with Crippen LogP contribution in [-0.2, 0) is 0 Å². The lowest BCUT2D eigenvalue weighted by Gasteiger charge is -2.35. The van der Waals surface area contributed by atoms with Crippen LogP contribution >= 0.6 is 11.3 Å². The first-order chi connectivity index (χ1) is 7.29. The minimum absolute atomic E-state index is 0.551. The van der Waals surface area contributed by atoms with E-state index in [4.69, 9.17) is 0 Å². The Balaban J connectivity index is 1.97. The van der Waals surface area contributed by atoms with Crippen LogP contribution < -0.4 is 5.32 Å². The molecule has 0 saturated carbocycles. The van der Waals surface area contributed by atoms with Crippen LogP contribution in [0.4, 0.5) is 0 Å². The summed E-state index contributed by atoms with van der Waals surface area (Å²) in [6, 6.07) is 5.64. The maximum absolute atomic E-state index is 3.48. The van der Waals surface area contributed by atoms with Crippen LogP contribution in [0, 0.1) is 0 Å². The standard InChI is InChI=1S/C12H20N2S/c1-10(12-6-4-8-15-12)14(2)11-5-3-7-13-9-11/h4,6,8,10-11,13H,3,5,7,9H2,1-2H3/t10?,11-/m1/s1. The molecule has 1 aromatic rings. The van der Waals surface area contributed by atoms with E-state index < -0.39 is 0 Å². The zero-order valence-corrected chi connectivity index (χ0v) is 10.4. The van der Waals surface area contributed by atoms with Crippen LogP contribution in [0.3, 0.4) is 0 Å². The Hall–Kier alpha value is -0.380. The summed E-state index contributed by atoms with van der Waals surface area (Å²) >= 11 is 1.86. The Labute approximate surface area is 96.3 Å². The lowest BCUT2D eigenvalue weighted by Crippen LogP contribution is -2.44. The fourth-order valence-electron chi connectivity index (χ4n) is 2.23. The average molecular weight is 224 g/mol. The lowest BCUT2D eigenvalue weighted by molar-refractivity contribution is 0.158. The van der Waals surface area contributed by atoms with Crippen molar-refractivity contribution in [2.24, 2.45) is 0 Å². The van der Waals surface area contributed by atoms with Crippen LogP contribution in [-0.4, -0.2) is 31.1 Å². The van der Waals surface area contributed by atoms with Crippen LogP contribution in [0.5, 0.6) is 0 Å². The zero-order valence-electron chi connectivity index (χ0n) is 9.57. The molecule has 2 rings (SSSR count). The molecule has 1 aliphatic heterocycles. The Morgan fingerprint density at radius 3 is 3.07 bits per heavy atom. The van der Waals surface area contributed by atoms with Gasteiger partial charge < -0.3 is 5.32 Å². The van der Waals surface area contributed by atoms with Crippen molar-refractivity contribution in [2.45, 2.75) is 31.8 Å². The summed E-state index contributed by atoms with van der Waals surface area (Å²) in [5.74, 6) is 0. The number of hydrogen-bond donors (Lipinski definition) is 1. The molecule has 1 unspecified atom stereocenters. The quantitative estimate of drug-likeness (QED) is 0.848. The summed E-state index contributed by atoms with van der Waals surface area (Å²) < 4.78 is 0. The highest BCUT2D eigenvalue weighted by Crippen LogP contribution is 2.26. The van der Waals surface area contributed by atoms with E-state index in [1.54, 1.807) is 0 Å². The van der Waals surface area contributed by atoms with E-state index in [1.165, 1.54) is 24.3 Å². The summed E-state index contributed by atoms with van der Waals surface area (Å²) in [5, 5.41) is 5.64. The van der Waals surface area contributed by atoms with E-state index in [2.05, 4.69) is 41.7 Å². The van der Waals surface area contributed by atoms with E-state index in [1.807, 2.05) is 11.3 Å². The Bertz CT molecular complexity index is 278. The van der Waals surface area contributed by atoms with Gasteiger partial charge in [0.25, 0.3) is 0 Å². The Morgan fingerprint density at radius 1 is 1.60 bits per heavy atom. The van der Waals surface area contributed by atoms with E-state index >= 15 is 0 Å². The van der Waals surface area contributed by atoms with Gasteiger partial charge in [0.2, 0.25) is 0 Å². The van der Waals surface area contributed by atoms with Crippen LogP contribution in [0.15, 0.2) is 17.5 Å². The number of rotatable bonds is 3. The van der Waals surface area contributed by atoms with Crippen molar-refractivity contribution < 1.29 is 0 Å². The lowest BCUT2D eigenvalue weighted by atomic mass is 10.0. The van der Waals surface area contributed by atoms with Crippen molar-refractivity contribution in [1.82, 2.24) is 10.2 Å². The van der Waals surface area contributed by atoms with Crippen molar-refractivity contribution in [2.75, 3.05) is 20.1 Å². The third-order valence-electron chi connectivity index (χ3n) is 3.41. The molecular formula is C12H20N2S. The van der Waals surface area contributed by atoms with Crippen LogP contribution in [0.25, 0.3) is 0 Å². The van der Waals surface area contributed by atoms with Gasteiger partial charge in [-0.05, 0) is 44.8 Å². The summed E-state index contributed by atoms with van der Waals surface area (Å²) in [6.07, 6.45) is 2.64. The van der Waals surface area contributed by atoms with Gasteiger partial charge in [-0.25, -0.2) is 0 Å². The predicted molar refractivity (Wildman–Crippen MR) is 66.4 cm³/mol. The normalized spacial score (nSPS) is 24.3. The number of nitrogens with zero attached hydrogens (tertiary/aromatic N) is 1. The highest BCUT2D eigenvalue weighted by molar-refractivity contribution is 7.10. The minimum atomic E-state index is 0.551. The maximum atomic E-state index is 3.48. The molecule has 84 valence electrons. The van der Waals surface area contributed by atoms with Crippen molar-refractivity contribution in [1.29, 1.82) is 0 Å². The van der Waals surface area contributed by atoms with E-state index in [0.29, 0.717) is 12.1 Å².